The van der Waals surface area contributed by atoms with Gasteiger partial charge in [0.25, 0.3) is 0 Å². The van der Waals surface area contributed by atoms with Crippen LogP contribution in [0.1, 0.15) is 17.0 Å². The number of aryl methyl sites for hydroxylation is 2. The smallest absolute Gasteiger partial charge is 0.227 e. The van der Waals surface area contributed by atoms with Crippen molar-refractivity contribution in [3.05, 3.63) is 47.5 Å². The van der Waals surface area contributed by atoms with Crippen LogP contribution in [0.3, 0.4) is 0 Å². The Kier molecular flexibility index (Phi) is 3.84. The Morgan fingerprint density at radius 2 is 2.08 bits per heavy atom. The molecule has 24 heavy (non-hydrogen) atoms. The van der Waals surface area contributed by atoms with E-state index in [-0.39, 0.29) is 11.8 Å². The quantitative estimate of drug-likeness (QED) is 0.848. The summed E-state index contributed by atoms with van der Waals surface area (Å²) in [6.45, 7) is 6.20. The van der Waals surface area contributed by atoms with E-state index in [1.165, 1.54) is 5.56 Å². The molecule has 0 unspecified atom stereocenters. The molecular formula is C18H23N5O. The van der Waals surface area contributed by atoms with Gasteiger partial charge in [0, 0.05) is 56.6 Å². The molecule has 2 atom stereocenters. The number of likely N-dealkylation sites (tertiary alicyclic amines) is 2. The van der Waals surface area contributed by atoms with Crippen molar-refractivity contribution in [2.24, 2.45) is 18.9 Å². The standard InChI is InChI=1S/C18H23N5O/c1-13-4-3-5-16(20-13)11-23-10-15-9-22(12-17(15)18(23)24)8-14-6-19-21(2)7-14/h3-7,15,17H,8-12H2,1-2H3/t15-,17-/m1/s1. The van der Waals surface area contributed by atoms with Crippen LogP contribution >= 0.6 is 0 Å². The average Bonchev–Trinajstić information content (AvgIpc) is 3.19. The zero-order valence-electron chi connectivity index (χ0n) is 14.2. The molecule has 0 saturated carbocycles. The molecule has 0 N–H and O–H groups in total. The topological polar surface area (TPSA) is 54.3 Å². The van der Waals surface area contributed by atoms with E-state index in [1.54, 1.807) is 0 Å². The maximum absolute atomic E-state index is 12.7. The van der Waals surface area contributed by atoms with Crippen LogP contribution in [0.4, 0.5) is 0 Å². The second-order valence-corrected chi connectivity index (χ2v) is 7.07. The second-order valence-electron chi connectivity index (χ2n) is 7.07. The van der Waals surface area contributed by atoms with Gasteiger partial charge in [-0.2, -0.15) is 5.10 Å². The van der Waals surface area contributed by atoms with Crippen LogP contribution in [0.15, 0.2) is 30.6 Å². The van der Waals surface area contributed by atoms with Gasteiger partial charge in [-0.3, -0.25) is 19.4 Å². The first-order valence-electron chi connectivity index (χ1n) is 8.49. The Labute approximate surface area is 142 Å². The molecule has 2 aliphatic rings. The number of nitrogens with zero attached hydrogens (tertiary/aromatic N) is 5. The Balaban J connectivity index is 1.37. The van der Waals surface area contributed by atoms with Crippen molar-refractivity contribution in [3.8, 4) is 0 Å². The summed E-state index contributed by atoms with van der Waals surface area (Å²) in [5.74, 6) is 0.877. The Bertz CT molecular complexity index is 755. The molecule has 2 aliphatic heterocycles. The highest BCUT2D eigenvalue weighted by Gasteiger charge is 2.45. The fraction of sp³-hybridized carbons (Fsp3) is 0.500. The predicted octanol–water partition coefficient (Wildman–Crippen LogP) is 1.21. The van der Waals surface area contributed by atoms with Crippen LogP contribution < -0.4 is 0 Å². The van der Waals surface area contributed by atoms with Gasteiger partial charge in [-0.1, -0.05) is 6.07 Å². The predicted molar refractivity (Wildman–Crippen MR) is 89.9 cm³/mol. The summed E-state index contributed by atoms with van der Waals surface area (Å²) in [6, 6.07) is 6.00. The van der Waals surface area contributed by atoms with E-state index in [0.717, 1.165) is 37.6 Å². The summed E-state index contributed by atoms with van der Waals surface area (Å²) in [7, 11) is 1.93. The summed E-state index contributed by atoms with van der Waals surface area (Å²) in [5, 5.41) is 4.22. The molecule has 4 heterocycles. The molecule has 2 saturated heterocycles. The third kappa shape index (κ3) is 2.94. The van der Waals surface area contributed by atoms with E-state index in [4.69, 9.17) is 0 Å². The maximum Gasteiger partial charge on any atom is 0.227 e. The molecular weight excluding hydrogens is 302 g/mol. The molecule has 2 aromatic rings. The normalized spacial score (nSPS) is 23.9. The van der Waals surface area contributed by atoms with Gasteiger partial charge in [0.15, 0.2) is 0 Å². The fourth-order valence-electron chi connectivity index (χ4n) is 4.00. The highest BCUT2D eigenvalue weighted by atomic mass is 16.2. The number of amides is 1. The number of fused-ring (bicyclic) bond motifs is 1. The first-order valence-corrected chi connectivity index (χ1v) is 8.49. The number of aromatic nitrogens is 3. The summed E-state index contributed by atoms with van der Waals surface area (Å²) in [5.41, 5.74) is 3.20. The van der Waals surface area contributed by atoms with Gasteiger partial charge in [-0.25, -0.2) is 0 Å². The first-order chi connectivity index (χ1) is 11.6. The lowest BCUT2D eigenvalue weighted by Gasteiger charge is -2.21. The number of hydrogen-bond donors (Lipinski definition) is 0. The van der Waals surface area contributed by atoms with E-state index < -0.39 is 0 Å². The monoisotopic (exact) mass is 325 g/mol. The van der Waals surface area contributed by atoms with E-state index in [0.29, 0.717) is 12.5 Å². The highest BCUT2D eigenvalue weighted by Crippen LogP contribution is 2.33. The van der Waals surface area contributed by atoms with Crippen molar-refractivity contribution in [2.75, 3.05) is 19.6 Å². The van der Waals surface area contributed by atoms with Gasteiger partial charge in [-0.05, 0) is 19.1 Å². The Hall–Kier alpha value is -2.21. The summed E-state index contributed by atoms with van der Waals surface area (Å²) in [4.78, 5) is 21.6. The van der Waals surface area contributed by atoms with Gasteiger partial charge >= 0.3 is 0 Å². The van der Waals surface area contributed by atoms with Crippen molar-refractivity contribution >= 4 is 5.91 Å². The zero-order valence-corrected chi connectivity index (χ0v) is 14.2. The van der Waals surface area contributed by atoms with E-state index >= 15 is 0 Å². The summed E-state index contributed by atoms with van der Waals surface area (Å²) in [6.07, 6.45) is 3.96. The zero-order chi connectivity index (χ0) is 16.7. The lowest BCUT2D eigenvalue weighted by atomic mass is 10.0. The molecule has 0 aliphatic carbocycles. The van der Waals surface area contributed by atoms with E-state index in [2.05, 4.69) is 15.0 Å². The molecule has 2 fully saturated rings. The van der Waals surface area contributed by atoms with Crippen molar-refractivity contribution in [3.63, 3.8) is 0 Å². The Morgan fingerprint density at radius 3 is 2.79 bits per heavy atom. The number of carbonyl (C=O) groups excluding carboxylic acids is 1. The van der Waals surface area contributed by atoms with Gasteiger partial charge in [0.05, 0.1) is 24.4 Å². The van der Waals surface area contributed by atoms with Crippen molar-refractivity contribution < 1.29 is 4.79 Å². The highest BCUT2D eigenvalue weighted by molar-refractivity contribution is 5.82. The number of rotatable bonds is 4. The number of carbonyl (C=O) groups is 1. The SMILES string of the molecule is Cc1cccc(CN2C[C@H]3CN(Cc4cnn(C)c4)C[C@H]3C2=O)n1. The molecule has 6 heteroatoms. The van der Waals surface area contributed by atoms with Crippen molar-refractivity contribution in [1.82, 2.24) is 24.6 Å². The minimum Gasteiger partial charge on any atom is -0.336 e. The first kappa shape index (κ1) is 15.3. The van der Waals surface area contributed by atoms with Crippen LogP contribution in [0, 0.1) is 18.8 Å². The minimum absolute atomic E-state index is 0.145. The van der Waals surface area contributed by atoms with Gasteiger partial charge in [0.2, 0.25) is 5.91 Å². The molecule has 6 nitrogen and oxygen atoms in total. The van der Waals surface area contributed by atoms with Crippen LogP contribution in [-0.4, -0.2) is 50.1 Å². The Morgan fingerprint density at radius 1 is 1.21 bits per heavy atom. The maximum atomic E-state index is 12.7. The molecule has 0 radical (unpaired) electrons. The van der Waals surface area contributed by atoms with Gasteiger partial charge in [0.1, 0.15) is 0 Å². The van der Waals surface area contributed by atoms with Crippen molar-refractivity contribution in [2.45, 2.75) is 20.0 Å². The molecule has 126 valence electrons. The second kappa shape index (κ2) is 6.02. The third-order valence-corrected chi connectivity index (χ3v) is 5.06. The average molecular weight is 325 g/mol. The third-order valence-electron chi connectivity index (χ3n) is 5.06. The molecule has 0 bridgehead atoms. The van der Waals surface area contributed by atoms with Gasteiger partial charge < -0.3 is 4.90 Å². The lowest BCUT2D eigenvalue weighted by Crippen LogP contribution is -2.32. The molecule has 1 amide bonds. The van der Waals surface area contributed by atoms with Crippen LogP contribution in [0.25, 0.3) is 0 Å². The van der Waals surface area contributed by atoms with Crippen LogP contribution in [-0.2, 0) is 24.9 Å². The number of pyridine rings is 1. The fourth-order valence-corrected chi connectivity index (χ4v) is 4.00. The minimum atomic E-state index is 0.145. The van der Waals surface area contributed by atoms with Crippen LogP contribution in [0.5, 0.6) is 0 Å². The largest absolute Gasteiger partial charge is 0.336 e. The van der Waals surface area contributed by atoms with Crippen LogP contribution in [0.2, 0.25) is 0 Å². The van der Waals surface area contributed by atoms with E-state index in [1.807, 2.05) is 54.1 Å². The summed E-state index contributed by atoms with van der Waals surface area (Å²) < 4.78 is 1.83. The van der Waals surface area contributed by atoms with Crippen molar-refractivity contribution in [1.29, 1.82) is 0 Å². The lowest BCUT2D eigenvalue weighted by molar-refractivity contribution is -0.131. The van der Waals surface area contributed by atoms with Gasteiger partial charge in [-0.15, -0.1) is 0 Å². The molecule has 0 aromatic carbocycles. The number of hydrogen-bond acceptors (Lipinski definition) is 4. The summed E-state index contributed by atoms with van der Waals surface area (Å²) >= 11 is 0. The van der Waals surface area contributed by atoms with E-state index in [9.17, 15) is 4.79 Å². The molecule has 0 spiro atoms. The molecule has 2 aromatic heterocycles. The molecule has 4 rings (SSSR count).